The van der Waals surface area contributed by atoms with E-state index >= 15 is 0 Å². The molecule has 0 aliphatic rings. The van der Waals surface area contributed by atoms with E-state index in [0.29, 0.717) is 21.5 Å². The van der Waals surface area contributed by atoms with Crippen molar-refractivity contribution in [1.82, 2.24) is 4.57 Å². The zero-order chi connectivity index (χ0) is 24.9. The average Bonchev–Trinajstić information content (AvgIpc) is 3.17. The number of rotatable bonds is 8. The monoisotopic (exact) mass is 506 g/mol. The molecule has 0 saturated carbocycles. The van der Waals surface area contributed by atoms with Crippen molar-refractivity contribution in [3.63, 3.8) is 0 Å². The SMILES string of the molecule is COC(=O)Cn1c(=NC(=O)CCS(=O)(=O)c2ccc(OC)cc2)sc2cc(C(=O)OC)ccc21. The van der Waals surface area contributed by atoms with Crippen LogP contribution < -0.4 is 9.54 Å². The lowest BCUT2D eigenvalue weighted by Crippen LogP contribution is -2.22. The van der Waals surface area contributed by atoms with Gasteiger partial charge in [-0.1, -0.05) is 11.3 Å². The van der Waals surface area contributed by atoms with Crippen molar-refractivity contribution in [2.24, 2.45) is 4.99 Å². The number of benzene rings is 2. The van der Waals surface area contributed by atoms with E-state index in [1.165, 1.54) is 56.2 Å². The van der Waals surface area contributed by atoms with Crippen LogP contribution in [0.2, 0.25) is 0 Å². The highest BCUT2D eigenvalue weighted by atomic mass is 32.2. The van der Waals surface area contributed by atoms with Crippen molar-refractivity contribution in [2.45, 2.75) is 17.9 Å². The second-order valence-corrected chi connectivity index (χ2v) is 10.1. The number of sulfone groups is 1. The van der Waals surface area contributed by atoms with Gasteiger partial charge in [0.1, 0.15) is 12.3 Å². The Balaban J connectivity index is 1.90. The number of hydrogen-bond acceptors (Lipinski definition) is 9. The summed E-state index contributed by atoms with van der Waals surface area (Å²) >= 11 is 1.08. The minimum absolute atomic E-state index is 0.0686. The normalized spacial score (nSPS) is 11.9. The van der Waals surface area contributed by atoms with Gasteiger partial charge in [0, 0.05) is 6.42 Å². The third-order valence-electron chi connectivity index (χ3n) is 4.84. The molecule has 0 fully saturated rings. The molecule has 0 saturated heterocycles. The molecule has 0 unspecified atom stereocenters. The van der Waals surface area contributed by atoms with Gasteiger partial charge in [0.2, 0.25) is 5.91 Å². The van der Waals surface area contributed by atoms with E-state index in [1.54, 1.807) is 12.1 Å². The Morgan fingerprint density at radius 1 is 1.00 bits per heavy atom. The third-order valence-corrected chi connectivity index (χ3v) is 7.62. The van der Waals surface area contributed by atoms with E-state index in [2.05, 4.69) is 4.99 Å². The van der Waals surface area contributed by atoms with Gasteiger partial charge in [-0.05, 0) is 42.5 Å². The maximum atomic E-state index is 12.6. The Kier molecular flexibility index (Phi) is 7.84. The molecule has 1 amide bonds. The maximum Gasteiger partial charge on any atom is 0.337 e. The van der Waals surface area contributed by atoms with E-state index in [9.17, 15) is 22.8 Å². The number of hydrogen-bond donors (Lipinski definition) is 0. The minimum atomic E-state index is -3.71. The quantitative estimate of drug-likeness (QED) is 0.424. The fraction of sp³-hybridized carbons (Fsp3) is 0.273. The summed E-state index contributed by atoms with van der Waals surface area (Å²) in [5, 5.41) is 0. The number of fused-ring (bicyclic) bond motifs is 1. The predicted molar refractivity (Wildman–Crippen MR) is 123 cm³/mol. The topological polar surface area (TPSA) is 130 Å². The Morgan fingerprint density at radius 3 is 2.32 bits per heavy atom. The number of thiazole rings is 1. The van der Waals surface area contributed by atoms with E-state index in [4.69, 9.17) is 14.2 Å². The van der Waals surface area contributed by atoms with Gasteiger partial charge >= 0.3 is 11.9 Å². The first-order valence-corrected chi connectivity index (χ1v) is 12.4. The first-order valence-electron chi connectivity index (χ1n) is 9.91. The Bertz CT molecular complexity index is 1400. The average molecular weight is 507 g/mol. The van der Waals surface area contributed by atoms with Crippen molar-refractivity contribution in [3.8, 4) is 5.75 Å². The van der Waals surface area contributed by atoms with Gasteiger partial charge in [-0.2, -0.15) is 4.99 Å². The molecule has 10 nitrogen and oxygen atoms in total. The van der Waals surface area contributed by atoms with Gasteiger partial charge < -0.3 is 18.8 Å². The summed E-state index contributed by atoms with van der Waals surface area (Å²) in [4.78, 5) is 40.6. The van der Waals surface area contributed by atoms with Crippen molar-refractivity contribution >= 4 is 49.2 Å². The summed E-state index contributed by atoms with van der Waals surface area (Å²) in [6, 6.07) is 10.6. The molecule has 3 rings (SSSR count). The minimum Gasteiger partial charge on any atom is -0.497 e. The summed E-state index contributed by atoms with van der Waals surface area (Å²) in [5.74, 6) is -1.69. The second kappa shape index (κ2) is 10.6. The van der Waals surface area contributed by atoms with Crippen LogP contribution in [0.25, 0.3) is 10.2 Å². The zero-order valence-corrected chi connectivity index (χ0v) is 20.3. The first-order chi connectivity index (χ1) is 16.2. The van der Waals surface area contributed by atoms with Crippen LogP contribution in [0.15, 0.2) is 52.4 Å². The maximum absolute atomic E-state index is 12.6. The van der Waals surface area contributed by atoms with Crippen LogP contribution in [0.4, 0.5) is 0 Å². The van der Waals surface area contributed by atoms with Gasteiger partial charge in [0.15, 0.2) is 14.6 Å². The van der Waals surface area contributed by atoms with E-state index in [1.807, 2.05) is 0 Å². The second-order valence-electron chi connectivity index (χ2n) is 6.97. The Labute approximate surface area is 199 Å². The smallest absolute Gasteiger partial charge is 0.337 e. The molecule has 3 aromatic rings. The highest BCUT2D eigenvalue weighted by Gasteiger charge is 2.18. The van der Waals surface area contributed by atoms with Crippen LogP contribution >= 0.6 is 11.3 Å². The molecule has 34 heavy (non-hydrogen) atoms. The molecule has 1 aromatic heterocycles. The number of nitrogens with zero attached hydrogens (tertiary/aromatic N) is 2. The van der Waals surface area contributed by atoms with Crippen molar-refractivity contribution in [1.29, 1.82) is 0 Å². The lowest BCUT2D eigenvalue weighted by Gasteiger charge is -2.05. The van der Waals surface area contributed by atoms with E-state index in [0.717, 1.165) is 11.3 Å². The fourth-order valence-electron chi connectivity index (χ4n) is 3.03. The molecule has 1 heterocycles. The Morgan fingerprint density at radius 2 is 1.71 bits per heavy atom. The van der Waals surface area contributed by atoms with Crippen LogP contribution in [0, 0.1) is 0 Å². The van der Waals surface area contributed by atoms with Gasteiger partial charge in [0.05, 0.1) is 47.8 Å². The molecule has 0 spiro atoms. The number of carbonyl (C=O) groups excluding carboxylic acids is 3. The van der Waals surface area contributed by atoms with Gasteiger partial charge in [-0.15, -0.1) is 0 Å². The fourth-order valence-corrected chi connectivity index (χ4v) is 5.35. The number of ether oxygens (including phenoxy) is 3. The highest BCUT2D eigenvalue weighted by Crippen LogP contribution is 2.21. The summed E-state index contributed by atoms with van der Waals surface area (Å²) in [7, 11) is 0.256. The van der Waals surface area contributed by atoms with Crippen LogP contribution in [0.1, 0.15) is 16.8 Å². The first kappa shape index (κ1) is 25.1. The van der Waals surface area contributed by atoms with Crippen molar-refractivity contribution in [3.05, 3.63) is 52.8 Å². The molecule has 0 radical (unpaired) electrons. The molecule has 2 aromatic carbocycles. The Hall–Kier alpha value is -3.51. The molecule has 0 bridgehead atoms. The molecular formula is C22H22N2O8S2. The molecule has 0 N–H and O–H groups in total. The van der Waals surface area contributed by atoms with Gasteiger partial charge in [-0.3, -0.25) is 9.59 Å². The van der Waals surface area contributed by atoms with Crippen LogP contribution in [-0.4, -0.2) is 57.9 Å². The number of aromatic nitrogens is 1. The molecule has 0 atom stereocenters. The molecular weight excluding hydrogens is 484 g/mol. The number of amides is 1. The zero-order valence-electron chi connectivity index (χ0n) is 18.6. The summed E-state index contributed by atoms with van der Waals surface area (Å²) in [6.07, 6.45) is -0.353. The number of esters is 2. The molecule has 0 aliphatic carbocycles. The number of methoxy groups -OCH3 is 3. The standard InChI is InChI=1S/C22H22N2O8S2/c1-30-15-5-7-16(8-6-15)34(28,29)11-10-19(25)23-22-24(13-20(26)31-2)17-9-4-14(21(27)32-3)12-18(17)33-22/h4-9,12H,10-11,13H2,1-3H3. The van der Waals surface area contributed by atoms with E-state index < -0.39 is 33.4 Å². The van der Waals surface area contributed by atoms with Crippen molar-refractivity contribution < 1.29 is 37.0 Å². The number of carbonyl (C=O) groups is 3. The summed E-state index contributed by atoms with van der Waals surface area (Å²) in [6.45, 7) is -0.218. The molecule has 0 aliphatic heterocycles. The molecule has 180 valence electrons. The van der Waals surface area contributed by atoms with Crippen LogP contribution in [-0.2, 0) is 35.4 Å². The van der Waals surface area contributed by atoms with Crippen LogP contribution in [0.5, 0.6) is 5.75 Å². The van der Waals surface area contributed by atoms with Gasteiger partial charge in [-0.25, -0.2) is 13.2 Å². The third kappa shape index (κ3) is 5.69. The summed E-state index contributed by atoms with van der Waals surface area (Å²) in [5.41, 5.74) is 0.852. The molecule has 12 heteroatoms. The predicted octanol–water partition coefficient (Wildman–Crippen LogP) is 1.96. The van der Waals surface area contributed by atoms with E-state index in [-0.39, 0.29) is 22.7 Å². The lowest BCUT2D eigenvalue weighted by atomic mass is 10.2. The van der Waals surface area contributed by atoms with Crippen LogP contribution in [0.3, 0.4) is 0 Å². The lowest BCUT2D eigenvalue weighted by molar-refractivity contribution is -0.141. The van der Waals surface area contributed by atoms with Crippen molar-refractivity contribution in [2.75, 3.05) is 27.1 Å². The highest BCUT2D eigenvalue weighted by molar-refractivity contribution is 7.91. The summed E-state index contributed by atoms with van der Waals surface area (Å²) < 4.78 is 41.7. The van der Waals surface area contributed by atoms with Gasteiger partial charge in [0.25, 0.3) is 0 Å². The largest absolute Gasteiger partial charge is 0.497 e.